The lowest BCUT2D eigenvalue weighted by molar-refractivity contribution is 0.463. The van der Waals surface area contributed by atoms with Gasteiger partial charge in [-0.25, -0.2) is 9.50 Å². The Morgan fingerprint density at radius 2 is 2.47 bits per heavy atom. The first-order valence-corrected chi connectivity index (χ1v) is 5.44. The average molecular weight is 202 g/mol. The summed E-state index contributed by atoms with van der Waals surface area (Å²) < 4.78 is 1.85. The molecule has 0 aromatic carbocycles. The Morgan fingerprint density at radius 1 is 1.47 bits per heavy atom. The molecule has 78 valence electrons. The molecular weight excluding hydrogens is 188 g/mol. The fourth-order valence-corrected chi connectivity index (χ4v) is 2.25. The number of hydrogen-bond acceptors (Lipinski definition) is 3. The van der Waals surface area contributed by atoms with Crippen LogP contribution in [0.25, 0.3) is 5.65 Å². The Labute approximate surface area is 88.3 Å². The molecule has 1 fully saturated rings. The summed E-state index contributed by atoms with van der Waals surface area (Å²) >= 11 is 0. The van der Waals surface area contributed by atoms with Gasteiger partial charge in [0.25, 0.3) is 0 Å². The third-order valence-electron chi connectivity index (χ3n) is 3.04. The maximum absolute atomic E-state index is 4.39. The van der Waals surface area contributed by atoms with Crippen molar-refractivity contribution in [2.24, 2.45) is 0 Å². The van der Waals surface area contributed by atoms with E-state index in [4.69, 9.17) is 0 Å². The Balaban J connectivity index is 2.02. The van der Waals surface area contributed by atoms with Crippen molar-refractivity contribution in [2.75, 3.05) is 13.1 Å². The zero-order chi connectivity index (χ0) is 10.1. The topological polar surface area (TPSA) is 42.2 Å². The molecule has 0 bridgehead atoms. The predicted octanol–water partition coefficient (Wildman–Crippen LogP) is 1.20. The lowest BCUT2D eigenvalue weighted by Crippen LogP contribution is -2.28. The zero-order valence-electron chi connectivity index (χ0n) is 8.56. The van der Waals surface area contributed by atoms with E-state index in [9.17, 15) is 0 Å². The SMILES string of the molecule is c1cnc2c(C3CCCNC3)cnn2c1. The van der Waals surface area contributed by atoms with Crippen molar-refractivity contribution >= 4 is 5.65 Å². The van der Waals surface area contributed by atoms with Gasteiger partial charge in [0, 0.05) is 30.4 Å². The van der Waals surface area contributed by atoms with Gasteiger partial charge in [-0.3, -0.25) is 0 Å². The quantitative estimate of drug-likeness (QED) is 0.755. The van der Waals surface area contributed by atoms with Crippen LogP contribution in [0.5, 0.6) is 0 Å². The molecular formula is C11H14N4. The third-order valence-corrected chi connectivity index (χ3v) is 3.04. The van der Waals surface area contributed by atoms with Crippen LogP contribution in [-0.2, 0) is 0 Å². The smallest absolute Gasteiger partial charge is 0.158 e. The second kappa shape index (κ2) is 3.62. The van der Waals surface area contributed by atoms with Crippen molar-refractivity contribution in [2.45, 2.75) is 18.8 Å². The minimum atomic E-state index is 0.575. The molecule has 1 aliphatic rings. The van der Waals surface area contributed by atoms with E-state index >= 15 is 0 Å². The number of fused-ring (bicyclic) bond motifs is 1. The van der Waals surface area contributed by atoms with Gasteiger partial charge in [-0.15, -0.1) is 0 Å². The molecule has 4 nitrogen and oxygen atoms in total. The van der Waals surface area contributed by atoms with E-state index in [2.05, 4.69) is 15.4 Å². The molecule has 0 saturated carbocycles. The molecule has 0 amide bonds. The summed E-state index contributed by atoms with van der Waals surface area (Å²) in [6, 6.07) is 1.91. The summed E-state index contributed by atoms with van der Waals surface area (Å²) in [5.41, 5.74) is 2.29. The number of nitrogens with one attached hydrogen (secondary N) is 1. The highest BCUT2D eigenvalue weighted by atomic mass is 15.2. The van der Waals surface area contributed by atoms with Crippen molar-refractivity contribution in [3.63, 3.8) is 0 Å². The van der Waals surface area contributed by atoms with Gasteiger partial charge in [-0.05, 0) is 25.5 Å². The van der Waals surface area contributed by atoms with Gasteiger partial charge in [0.05, 0.1) is 6.20 Å². The highest BCUT2D eigenvalue weighted by molar-refractivity contribution is 5.48. The Bertz CT molecular complexity index is 456. The van der Waals surface area contributed by atoms with Gasteiger partial charge < -0.3 is 5.32 Å². The van der Waals surface area contributed by atoms with Crippen molar-refractivity contribution in [3.8, 4) is 0 Å². The number of hydrogen-bond donors (Lipinski definition) is 1. The fourth-order valence-electron chi connectivity index (χ4n) is 2.25. The Hall–Kier alpha value is -1.42. The molecule has 1 atom stereocenters. The van der Waals surface area contributed by atoms with Crippen LogP contribution in [0, 0.1) is 0 Å². The van der Waals surface area contributed by atoms with Gasteiger partial charge in [-0.2, -0.15) is 5.10 Å². The van der Waals surface area contributed by atoms with Crippen molar-refractivity contribution < 1.29 is 0 Å². The first-order chi connectivity index (χ1) is 7.45. The monoisotopic (exact) mass is 202 g/mol. The van der Waals surface area contributed by atoms with E-state index in [1.54, 1.807) is 0 Å². The van der Waals surface area contributed by atoms with E-state index in [-0.39, 0.29) is 0 Å². The molecule has 2 aromatic heterocycles. The minimum Gasteiger partial charge on any atom is -0.316 e. The highest BCUT2D eigenvalue weighted by Crippen LogP contribution is 2.25. The number of piperidine rings is 1. The summed E-state index contributed by atoms with van der Waals surface area (Å²) in [5, 5.41) is 7.74. The number of nitrogens with zero attached hydrogens (tertiary/aromatic N) is 3. The average Bonchev–Trinajstić information content (AvgIpc) is 2.74. The molecule has 4 heteroatoms. The summed E-state index contributed by atoms with van der Waals surface area (Å²) in [7, 11) is 0. The normalized spacial score (nSPS) is 22.0. The minimum absolute atomic E-state index is 0.575. The lowest BCUT2D eigenvalue weighted by atomic mass is 9.94. The molecule has 0 aliphatic carbocycles. The molecule has 1 aliphatic heterocycles. The van der Waals surface area contributed by atoms with E-state index < -0.39 is 0 Å². The number of aromatic nitrogens is 3. The molecule has 2 aromatic rings. The number of rotatable bonds is 1. The largest absolute Gasteiger partial charge is 0.316 e. The van der Waals surface area contributed by atoms with E-state index in [0.717, 1.165) is 18.7 Å². The molecule has 0 spiro atoms. The van der Waals surface area contributed by atoms with Crippen LogP contribution in [0.2, 0.25) is 0 Å². The van der Waals surface area contributed by atoms with E-state index in [1.165, 1.54) is 18.4 Å². The highest BCUT2D eigenvalue weighted by Gasteiger charge is 2.19. The standard InChI is InChI=1S/C11H14N4/c1-3-9(7-12-4-1)10-8-14-15-6-2-5-13-11(10)15/h2,5-6,8-9,12H,1,3-4,7H2. The van der Waals surface area contributed by atoms with Crippen LogP contribution in [0.4, 0.5) is 0 Å². The molecule has 3 rings (SSSR count). The molecule has 1 saturated heterocycles. The Morgan fingerprint density at radius 3 is 3.33 bits per heavy atom. The summed E-state index contributed by atoms with van der Waals surface area (Å²) in [6.45, 7) is 2.20. The van der Waals surface area contributed by atoms with Gasteiger partial charge in [0.15, 0.2) is 5.65 Å². The maximum atomic E-state index is 4.39. The van der Waals surface area contributed by atoms with Crippen molar-refractivity contribution in [3.05, 3.63) is 30.2 Å². The summed E-state index contributed by atoms with van der Waals surface area (Å²) in [5.74, 6) is 0.575. The van der Waals surface area contributed by atoms with Crippen LogP contribution in [-0.4, -0.2) is 27.7 Å². The van der Waals surface area contributed by atoms with Crippen LogP contribution < -0.4 is 5.32 Å². The predicted molar refractivity (Wildman–Crippen MR) is 57.8 cm³/mol. The van der Waals surface area contributed by atoms with E-state index in [1.807, 2.05) is 29.2 Å². The van der Waals surface area contributed by atoms with Crippen molar-refractivity contribution in [1.82, 2.24) is 19.9 Å². The van der Waals surface area contributed by atoms with Crippen LogP contribution in [0.15, 0.2) is 24.7 Å². The second-order valence-corrected chi connectivity index (χ2v) is 4.03. The zero-order valence-corrected chi connectivity index (χ0v) is 8.56. The molecule has 3 heterocycles. The maximum Gasteiger partial charge on any atom is 0.158 e. The molecule has 1 N–H and O–H groups in total. The summed E-state index contributed by atoms with van der Waals surface area (Å²) in [6.07, 6.45) is 8.22. The van der Waals surface area contributed by atoms with Gasteiger partial charge in [0.2, 0.25) is 0 Å². The van der Waals surface area contributed by atoms with Crippen LogP contribution in [0.1, 0.15) is 24.3 Å². The first-order valence-electron chi connectivity index (χ1n) is 5.44. The molecule has 1 unspecified atom stereocenters. The van der Waals surface area contributed by atoms with Crippen molar-refractivity contribution in [1.29, 1.82) is 0 Å². The van der Waals surface area contributed by atoms with Gasteiger partial charge in [0.1, 0.15) is 0 Å². The molecule has 0 radical (unpaired) electrons. The lowest BCUT2D eigenvalue weighted by Gasteiger charge is -2.21. The third kappa shape index (κ3) is 1.51. The second-order valence-electron chi connectivity index (χ2n) is 4.03. The molecule has 15 heavy (non-hydrogen) atoms. The van der Waals surface area contributed by atoms with Crippen LogP contribution >= 0.6 is 0 Å². The van der Waals surface area contributed by atoms with Crippen LogP contribution in [0.3, 0.4) is 0 Å². The fraction of sp³-hybridized carbons (Fsp3) is 0.455. The van der Waals surface area contributed by atoms with Gasteiger partial charge >= 0.3 is 0 Å². The van der Waals surface area contributed by atoms with Gasteiger partial charge in [-0.1, -0.05) is 0 Å². The van der Waals surface area contributed by atoms with E-state index in [0.29, 0.717) is 5.92 Å². The Kier molecular flexibility index (Phi) is 2.14. The first kappa shape index (κ1) is 8.85. The summed E-state index contributed by atoms with van der Waals surface area (Å²) in [4.78, 5) is 4.39.